The van der Waals surface area contributed by atoms with Gasteiger partial charge in [-0.1, -0.05) is 36.4 Å². The van der Waals surface area contributed by atoms with Gasteiger partial charge in [0.2, 0.25) is 0 Å². The number of hydrogen-bond acceptors (Lipinski definition) is 5. The first-order valence-electron chi connectivity index (χ1n) is 17.8. The third-order valence-corrected chi connectivity index (χ3v) is 9.26. The normalized spacial score (nSPS) is 13.0. The first-order chi connectivity index (χ1) is 25.8. The Kier molecular flexibility index (Phi) is 12.4. The van der Waals surface area contributed by atoms with Crippen molar-refractivity contribution >= 4 is 45.3 Å². The summed E-state index contributed by atoms with van der Waals surface area (Å²) < 4.78 is 4.17. The average Bonchev–Trinajstić information content (AvgIpc) is 3.17. The molecule has 0 radical (unpaired) electrons. The Morgan fingerprint density at radius 1 is 0.481 bits per heavy atom. The van der Waals surface area contributed by atoms with Crippen LogP contribution in [-0.2, 0) is 0 Å². The molecule has 8 heteroatoms. The molecule has 0 amide bonds. The molecule has 2 aliphatic carbocycles. The van der Waals surface area contributed by atoms with E-state index in [1.807, 2.05) is 52.5 Å². The van der Waals surface area contributed by atoms with Gasteiger partial charge in [-0.2, -0.15) is 0 Å². The maximum Gasteiger partial charge on any atom is 0.269 e. The quantitative estimate of drug-likeness (QED) is 0.0901. The van der Waals surface area contributed by atoms with Crippen LogP contribution in [0.3, 0.4) is 0 Å². The van der Waals surface area contributed by atoms with Crippen molar-refractivity contribution in [1.29, 1.82) is 0 Å². The van der Waals surface area contributed by atoms with Crippen LogP contribution in [-0.4, -0.2) is 81.9 Å². The minimum Gasteiger partial charge on any atom is -0.399 e. The van der Waals surface area contributed by atoms with Gasteiger partial charge < -0.3 is 15.5 Å². The Labute approximate surface area is 319 Å². The number of nitrogen functional groups attached to an aromatic ring is 1. The van der Waals surface area contributed by atoms with Crippen molar-refractivity contribution in [3.8, 4) is 0 Å². The summed E-state index contributed by atoms with van der Waals surface area (Å²) in [6, 6.07) is 31.8. The Bertz CT molecular complexity index is 2200. The van der Waals surface area contributed by atoms with E-state index in [9.17, 15) is 10.1 Å². The van der Waals surface area contributed by atoms with E-state index in [-0.39, 0.29) is 10.6 Å². The molecule has 0 spiro atoms. The third-order valence-electron chi connectivity index (χ3n) is 9.26. The first-order valence-corrected chi connectivity index (χ1v) is 17.8. The lowest BCUT2D eigenvalue weighted by atomic mass is 9.90. The predicted octanol–water partition coefficient (Wildman–Crippen LogP) is 8.28. The second kappa shape index (κ2) is 17.3. The maximum atomic E-state index is 11.0. The Morgan fingerprint density at radius 2 is 0.778 bits per heavy atom. The molecule has 274 valence electrons. The lowest BCUT2D eigenvalue weighted by Gasteiger charge is -2.16. The molecule has 0 fully saturated rings. The fraction of sp³-hybridized carbons (Fsp3) is 0.174. The van der Waals surface area contributed by atoms with Crippen LogP contribution < -0.4 is 15.5 Å². The predicted molar refractivity (Wildman–Crippen MR) is 228 cm³/mol. The Hall–Kier alpha value is -6.54. The number of benzene rings is 4. The first kappa shape index (κ1) is 38.7. The van der Waals surface area contributed by atoms with Gasteiger partial charge in [-0.25, -0.2) is 9.15 Å². The van der Waals surface area contributed by atoms with Crippen LogP contribution in [0.15, 0.2) is 157 Å². The average molecular weight is 719 g/mol. The second-order valence-corrected chi connectivity index (χ2v) is 13.9. The second-order valence-electron chi connectivity index (χ2n) is 13.9. The molecule has 0 saturated heterocycles. The molecule has 4 aromatic rings. The van der Waals surface area contributed by atoms with Crippen molar-refractivity contribution in [2.75, 3.05) is 71.9 Å². The summed E-state index contributed by atoms with van der Waals surface area (Å²) in [6.45, 7) is 0. The summed E-state index contributed by atoms with van der Waals surface area (Å²) in [5.74, 6) is 0. The summed E-state index contributed by atoms with van der Waals surface area (Å²) in [5, 5.41) is 11.0. The molecule has 0 atom stereocenters. The largest absolute Gasteiger partial charge is 0.399 e. The van der Waals surface area contributed by atoms with Crippen molar-refractivity contribution in [3.05, 3.63) is 189 Å². The van der Waals surface area contributed by atoms with Crippen LogP contribution in [0.4, 0.5) is 22.7 Å². The number of rotatable bonds is 7. The fourth-order valence-electron chi connectivity index (χ4n) is 6.10. The molecule has 2 N–H and O–H groups in total. The summed E-state index contributed by atoms with van der Waals surface area (Å²) in [5.41, 5.74) is 20.3. The zero-order chi connectivity index (χ0) is 38.9. The van der Waals surface area contributed by atoms with Gasteiger partial charge in [0.1, 0.15) is 28.2 Å². The minimum atomic E-state index is -0.374. The number of non-ortho nitro benzene ring substituents is 1. The maximum absolute atomic E-state index is 11.0. The van der Waals surface area contributed by atoms with E-state index in [4.69, 9.17) is 5.73 Å². The van der Waals surface area contributed by atoms with E-state index < -0.39 is 0 Å². The highest BCUT2D eigenvalue weighted by Gasteiger charge is 2.16. The highest BCUT2D eigenvalue weighted by Crippen LogP contribution is 2.33. The van der Waals surface area contributed by atoms with Gasteiger partial charge in [0.25, 0.3) is 5.69 Å². The number of nitrogens with two attached hydrogens (primary N) is 1. The van der Waals surface area contributed by atoms with Gasteiger partial charge in [-0.3, -0.25) is 10.1 Å². The van der Waals surface area contributed by atoms with Crippen molar-refractivity contribution < 1.29 is 14.1 Å². The fourth-order valence-corrected chi connectivity index (χ4v) is 6.10. The summed E-state index contributed by atoms with van der Waals surface area (Å²) >= 11 is 0. The van der Waals surface area contributed by atoms with Gasteiger partial charge in [0, 0.05) is 81.7 Å². The van der Waals surface area contributed by atoms with Crippen molar-refractivity contribution in [2.24, 2.45) is 0 Å². The molecule has 0 saturated carbocycles. The zero-order valence-corrected chi connectivity index (χ0v) is 32.5. The van der Waals surface area contributed by atoms with E-state index in [0.29, 0.717) is 0 Å². The van der Waals surface area contributed by atoms with Gasteiger partial charge in [0.05, 0.1) is 4.92 Å². The van der Waals surface area contributed by atoms with Gasteiger partial charge in [0.15, 0.2) is 11.4 Å². The lowest BCUT2D eigenvalue weighted by molar-refractivity contribution is -0.462. The number of nitrogens with zero attached hydrogens (tertiary/aromatic N) is 5. The summed E-state index contributed by atoms with van der Waals surface area (Å²) in [7, 11) is 16.3. The number of anilines is 3. The number of hydrogen-bond donors (Lipinski definition) is 1. The standard InChI is InChI=1S/C23H24N3O2.C23H25N3/c1-24(2)20-11-5-17(6-12-20)23(18-7-13-21(14-8-18)25(3)4)19-9-15-22(16-10-19)26(27)28;1-25(2)21-13-7-18(8-14-21)23(17-5-11-20(24)12-6-17)19-9-15-22(16-10-19)26(3)4/h5-16H,1-4H3;5-16,24H,1-4H3/q+1;/p+1. The molecular formula is C46H50N6O2+2. The molecule has 2 aliphatic rings. The van der Waals surface area contributed by atoms with Crippen LogP contribution >= 0.6 is 0 Å². The van der Waals surface area contributed by atoms with Crippen LogP contribution in [0.1, 0.15) is 22.3 Å². The highest BCUT2D eigenvalue weighted by molar-refractivity contribution is 6.04. The van der Waals surface area contributed by atoms with Crippen molar-refractivity contribution in [1.82, 2.24) is 0 Å². The monoisotopic (exact) mass is 718 g/mol. The Balaban J connectivity index is 0.000000208. The minimum absolute atomic E-state index is 0.0917. The molecule has 0 unspecified atom stereocenters. The highest BCUT2D eigenvalue weighted by atomic mass is 16.6. The van der Waals surface area contributed by atoms with Gasteiger partial charge in [-0.05, 0) is 117 Å². The molecule has 0 aromatic heterocycles. The van der Waals surface area contributed by atoms with Gasteiger partial charge >= 0.3 is 0 Å². The smallest absolute Gasteiger partial charge is 0.269 e. The summed E-state index contributed by atoms with van der Waals surface area (Å²) in [6.07, 6.45) is 17.0. The number of nitro benzene ring substituents is 1. The number of allylic oxidation sites excluding steroid dienone is 10. The van der Waals surface area contributed by atoms with Gasteiger partial charge in [-0.15, -0.1) is 0 Å². The van der Waals surface area contributed by atoms with E-state index in [2.05, 4.69) is 156 Å². The molecule has 6 rings (SSSR count). The molecule has 54 heavy (non-hydrogen) atoms. The van der Waals surface area contributed by atoms with Crippen molar-refractivity contribution in [3.63, 3.8) is 0 Å². The molecule has 4 aromatic carbocycles. The van der Waals surface area contributed by atoms with Crippen LogP contribution in [0, 0.1) is 10.1 Å². The molecule has 8 nitrogen and oxygen atoms in total. The van der Waals surface area contributed by atoms with E-state index in [0.717, 1.165) is 44.9 Å². The zero-order valence-electron chi connectivity index (χ0n) is 32.5. The van der Waals surface area contributed by atoms with E-state index >= 15 is 0 Å². The Morgan fingerprint density at radius 3 is 1.06 bits per heavy atom. The van der Waals surface area contributed by atoms with Crippen LogP contribution in [0.2, 0.25) is 0 Å². The van der Waals surface area contributed by atoms with Crippen LogP contribution in [0.5, 0.6) is 0 Å². The third kappa shape index (κ3) is 9.46. The number of nitro groups is 1. The molecule has 0 aliphatic heterocycles. The summed E-state index contributed by atoms with van der Waals surface area (Å²) in [4.78, 5) is 14.8. The molecule has 0 bridgehead atoms. The molecular weight excluding hydrogens is 669 g/mol. The lowest BCUT2D eigenvalue weighted by Crippen LogP contribution is -2.10. The SMILES string of the molecule is CN(C)c1ccc(C(=C2C=CC(=[N+](C)C)C=C2)c2ccc(N)cc2)cc1.CN(C)c1ccc(C(=C2C=CC(=[N+](C)C)C=C2)c2ccc([N+](=O)[O-])cc2)cc1. The van der Waals surface area contributed by atoms with Crippen molar-refractivity contribution in [2.45, 2.75) is 0 Å². The van der Waals surface area contributed by atoms with E-state index in [1.165, 1.54) is 28.1 Å². The molecule has 0 heterocycles. The van der Waals surface area contributed by atoms with Crippen LogP contribution in [0.25, 0.3) is 11.1 Å². The topological polar surface area (TPSA) is 81.7 Å². The van der Waals surface area contributed by atoms with E-state index in [1.54, 1.807) is 12.1 Å².